The molecule has 1 aromatic carbocycles. The van der Waals surface area contributed by atoms with E-state index < -0.39 is 0 Å². The largest absolute Gasteiger partial charge is 0.307 e. The predicted molar refractivity (Wildman–Crippen MR) is 52.3 cm³/mol. The lowest BCUT2D eigenvalue weighted by Gasteiger charge is -2.16. The van der Waals surface area contributed by atoms with E-state index in [4.69, 9.17) is 0 Å². The number of hydrogen-bond donors (Lipinski definition) is 1. The number of aromatic nitrogens is 1. The van der Waals surface area contributed by atoms with Gasteiger partial charge in [-0.1, -0.05) is 18.2 Å². The molecule has 2 heterocycles. The molecular formula is C11H10N2. The molecule has 1 aliphatic heterocycles. The highest BCUT2D eigenvalue weighted by Crippen LogP contribution is 2.23. The summed E-state index contributed by atoms with van der Waals surface area (Å²) >= 11 is 0. The number of nitrogens with zero attached hydrogens (tertiary/aromatic N) is 1. The fourth-order valence-electron chi connectivity index (χ4n) is 1.98. The highest BCUT2D eigenvalue weighted by Gasteiger charge is 2.11. The van der Waals surface area contributed by atoms with Crippen molar-refractivity contribution in [2.24, 2.45) is 0 Å². The fraction of sp³-hybridized carbons (Fsp3) is 0.182. The molecule has 3 rings (SSSR count). The Labute approximate surface area is 76.6 Å². The van der Waals surface area contributed by atoms with Gasteiger partial charge >= 0.3 is 0 Å². The van der Waals surface area contributed by atoms with Crippen LogP contribution in [0.3, 0.4) is 0 Å². The van der Waals surface area contributed by atoms with Crippen molar-refractivity contribution in [1.82, 2.24) is 10.3 Å². The maximum absolute atomic E-state index is 4.37. The van der Waals surface area contributed by atoms with E-state index in [-0.39, 0.29) is 0 Å². The summed E-state index contributed by atoms with van der Waals surface area (Å²) in [7, 11) is 0. The van der Waals surface area contributed by atoms with Crippen LogP contribution in [0.1, 0.15) is 11.3 Å². The van der Waals surface area contributed by atoms with Crippen LogP contribution >= 0.6 is 0 Å². The van der Waals surface area contributed by atoms with Gasteiger partial charge in [-0.05, 0) is 17.0 Å². The standard InChI is InChI=1S/C11H10N2/c1-2-8-4-5-13-10-7-12-6-9(3-1)11(8)10/h1-5,12H,6-7H2. The second-order valence-corrected chi connectivity index (χ2v) is 3.38. The van der Waals surface area contributed by atoms with E-state index in [2.05, 4.69) is 34.6 Å². The Hall–Kier alpha value is -1.41. The first-order chi connectivity index (χ1) is 6.45. The fourth-order valence-corrected chi connectivity index (χ4v) is 1.98. The Balaban J connectivity index is 2.49. The molecule has 2 heteroatoms. The van der Waals surface area contributed by atoms with E-state index in [1.54, 1.807) is 0 Å². The zero-order valence-electron chi connectivity index (χ0n) is 7.25. The van der Waals surface area contributed by atoms with Crippen LogP contribution in [0.4, 0.5) is 0 Å². The van der Waals surface area contributed by atoms with Crippen molar-refractivity contribution in [2.75, 3.05) is 0 Å². The number of hydrogen-bond acceptors (Lipinski definition) is 2. The zero-order chi connectivity index (χ0) is 8.67. The average Bonchev–Trinajstić information content (AvgIpc) is 2.19. The van der Waals surface area contributed by atoms with Gasteiger partial charge in [0, 0.05) is 24.7 Å². The van der Waals surface area contributed by atoms with Gasteiger partial charge in [0.25, 0.3) is 0 Å². The van der Waals surface area contributed by atoms with Gasteiger partial charge in [-0.2, -0.15) is 0 Å². The van der Waals surface area contributed by atoms with Gasteiger partial charge in [0.15, 0.2) is 0 Å². The molecule has 0 bridgehead atoms. The molecule has 1 aliphatic rings. The molecule has 64 valence electrons. The molecule has 2 aromatic rings. The molecule has 13 heavy (non-hydrogen) atoms. The molecule has 0 saturated carbocycles. The van der Waals surface area contributed by atoms with E-state index >= 15 is 0 Å². The van der Waals surface area contributed by atoms with Gasteiger partial charge in [-0.3, -0.25) is 4.98 Å². The van der Waals surface area contributed by atoms with Crippen molar-refractivity contribution < 1.29 is 0 Å². The minimum atomic E-state index is 0.897. The molecule has 0 radical (unpaired) electrons. The normalized spacial score (nSPS) is 14.8. The third-order valence-electron chi connectivity index (χ3n) is 2.56. The van der Waals surface area contributed by atoms with Crippen molar-refractivity contribution in [3.63, 3.8) is 0 Å². The van der Waals surface area contributed by atoms with Crippen LogP contribution in [0.25, 0.3) is 10.8 Å². The van der Waals surface area contributed by atoms with Crippen LogP contribution < -0.4 is 5.32 Å². The molecule has 1 N–H and O–H groups in total. The highest BCUT2D eigenvalue weighted by atomic mass is 14.9. The Bertz CT molecular complexity index is 424. The smallest absolute Gasteiger partial charge is 0.0623 e. The summed E-state index contributed by atoms with van der Waals surface area (Å²) < 4.78 is 0. The van der Waals surface area contributed by atoms with Gasteiger partial charge in [-0.25, -0.2) is 0 Å². The van der Waals surface area contributed by atoms with E-state index in [0.717, 1.165) is 13.1 Å². The minimum Gasteiger partial charge on any atom is -0.307 e. The molecule has 2 nitrogen and oxygen atoms in total. The number of benzene rings is 1. The first-order valence-corrected chi connectivity index (χ1v) is 4.51. The number of rotatable bonds is 0. The number of pyridine rings is 1. The topological polar surface area (TPSA) is 24.9 Å². The summed E-state index contributed by atoms with van der Waals surface area (Å²) in [5.74, 6) is 0. The molecule has 0 fully saturated rings. The molecule has 0 atom stereocenters. The van der Waals surface area contributed by atoms with E-state index in [1.165, 1.54) is 22.0 Å². The average molecular weight is 170 g/mol. The first-order valence-electron chi connectivity index (χ1n) is 4.51. The third kappa shape index (κ3) is 0.956. The Morgan fingerprint density at radius 1 is 1.15 bits per heavy atom. The maximum atomic E-state index is 4.37. The SMILES string of the molecule is c1cc2c3c(nccc3c1)CNC2. The lowest BCUT2D eigenvalue weighted by atomic mass is 10.0. The summed E-state index contributed by atoms with van der Waals surface area (Å²) in [6.07, 6.45) is 1.88. The van der Waals surface area contributed by atoms with Gasteiger partial charge in [0.1, 0.15) is 0 Å². The van der Waals surface area contributed by atoms with Crippen LogP contribution in [0.15, 0.2) is 30.5 Å². The number of nitrogens with one attached hydrogen (secondary N) is 1. The highest BCUT2D eigenvalue weighted by molar-refractivity contribution is 5.88. The maximum Gasteiger partial charge on any atom is 0.0623 e. The minimum absolute atomic E-state index is 0.897. The van der Waals surface area contributed by atoms with Gasteiger partial charge in [0.05, 0.1) is 5.69 Å². The monoisotopic (exact) mass is 170 g/mol. The first kappa shape index (κ1) is 7.04. The molecule has 1 aromatic heterocycles. The van der Waals surface area contributed by atoms with E-state index in [1.807, 2.05) is 6.20 Å². The van der Waals surface area contributed by atoms with E-state index in [0.29, 0.717) is 0 Å². The van der Waals surface area contributed by atoms with Crippen molar-refractivity contribution in [3.8, 4) is 0 Å². The van der Waals surface area contributed by atoms with Crippen molar-refractivity contribution in [1.29, 1.82) is 0 Å². The Morgan fingerprint density at radius 3 is 3.15 bits per heavy atom. The summed E-state index contributed by atoms with van der Waals surface area (Å²) in [4.78, 5) is 4.37. The van der Waals surface area contributed by atoms with Crippen molar-refractivity contribution >= 4 is 10.8 Å². The second kappa shape index (κ2) is 2.54. The Kier molecular flexibility index (Phi) is 1.37. The van der Waals surface area contributed by atoms with Crippen LogP contribution in [0.5, 0.6) is 0 Å². The third-order valence-corrected chi connectivity index (χ3v) is 2.56. The van der Waals surface area contributed by atoms with Crippen LogP contribution in [0.2, 0.25) is 0 Å². The van der Waals surface area contributed by atoms with E-state index in [9.17, 15) is 0 Å². The summed E-state index contributed by atoms with van der Waals surface area (Å²) in [5.41, 5.74) is 2.55. The van der Waals surface area contributed by atoms with Crippen molar-refractivity contribution in [3.05, 3.63) is 41.7 Å². The van der Waals surface area contributed by atoms with Crippen LogP contribution in [-0.4, -0.2) is 4.98 Å². The second-order valence-electron chi connectivity index (χ2n) is 3.38. The summed E-state index contributed by atoms with van der Waals surface area (Å²) in [6.45, 7) is 1.87. The molecule has 0 unspecified atom stereocenters. The quantitative estimate of drug-likeness (QED) is 0.652. The molecule has 0 saturated heterocycles. The molecule has 0 aliphatic carbocycles. The zero-order valence-corrected chi connectivity index (χ0v) is 7.25. The molecule has 0 amide bonds. The van der Waals surface area contributed by atoms with Crippen LogP contribution in [0, 0.1) is 0 Å². The summed E-state index contributed by atoms with van der Waals surface area (Å²) in [5, 5.41) is 6.00. The van der Waals surface area contributed by atoms with Gasteiger partial charge in [0.2, 0.25) is 0 Å². The van der Waals surface area contributed by atoms with Gasteiger partial charge in [-0.15, -0.1) is 0 Å². The molecule has 0 spiro atoms. The van der Waals surface area contributed by atoms with Crippen LogP contribution in [-0.2, 0) is 13.1 Å². The summed E-state index contributed by atoms with van der Waals surface area (Å²) in [6, 6.07) is 8.50. The lowest BCUT2D eigenvalue weighted by Crippen LogP contribution is -2.19. The van der Waals surface area contributed by atoms with Gasteiger partial charge < -0.3 is 5.32 Å². The lowest BCUT2D eigenvalue weighted by molar-refractivity contribution is 0.669. The Morgan fingerprint density at radius 2 is 2.15 bits per heavy atom. The molecular weight excluding hydrogens is 160 g/mol. The van der Waals surface area contributed by atoms with Crippen molar-refractivity contribution in [2.45, 2.75) is 13.1 Å². The predicted octanol–water partition coefficient (Wildman–Crippen LogP) is 1.84.